The largest absolute Gasteiger partial charge is 0.484 e. The van der Waals surface area contributed by atoms with Gasteiger partial charge in [-0.25, -0.2) is 0 Å². The van der Waals surface area contributed by atoms with Gasteiger partial charge in [-0.1, -0.05) is 43.0 Å². The van der Waals surface area contributed by atoms with Crippen LogP contribution in [0.1, 0.15) is 53.6 Å². The zero-order valence-electron chi connectivity index (χ0n) is 16.9. The van der Waals surface area contributed by atoms with E-state index in [1.165, 1.54) is 6.42 Å². The first-order valence-electron chi connectivity index (χ1n) is 10.0. The summed E-state index contributed by atoms with van der Waals surface area (Å²) < 4.78 is 5.61. The van der Waals surface area contributed by atoms with Crippen molar-refractivity contribution in [2.75, 3.05) is 11.9 Å². The lowest BCUT2D eigenvalue weighted by molar-refractivity contribution is -0.118. The molecule has 0 saturated heterocycles. The Bertz CT molecular complexity index is 868. The highest BCUT2D eigenvalue weighted by atomic mass is 35.5. The van der Waals surface area contributed by atoms with Gasteiger partial charge in [0, 0.05) is 11.1 Å². The molecule has 0 bridgehead atoms. The van der Waals surface area contributed by atoms with Gasteiger partial charge < -0.3 is 15.4 Å². The van der Waals surface area contributed by atoms with Crippen LogP contribution in [0.4, 0.5) is 5.69 Å². The van der Waals surface area contributed by atoms with Crippen molar-refractivity contribution < 1.29 is 14.3 Å². The Hall–Kier alpha value is -2.53. The molecule has 2 N–H and O–H groups in total. The number of anilines is 1. The summed E-state index contributed by atoms with van der Waals surface area (Å²) in [5, 5.41) is 6.57. The second-order valence-electron chi connectivity index (χ2n) is 7.56. The second kappa shape index (κ2) is 9.79. The third-order valence-corrected chi connectivity index (χ3v) is 5.76. The summed E-state index contributed by atoms with van der Waals surface area (Å²) in [5.41, 5.74) is 2.74. The number of nitrogens with one attached hydrogen (secondary N) is 2. The van der Waals surface area contributed by atoms with Gasteiger partial charge in [0.1, 0.15) is 5.75 Å². The van der Waals surface area contributed by atoms with E-state index in [9.17, 15) is 9.59 Å². The van der Waals surface area contributed by atoms with Crippen molar-refractivity contribution >= 4 is 29.1 Å². The van der Waals surface area contributed by atoms with E-state index in [0.717, 1.165) is 36.8 Å². The minimum absolute atomic E-state index is 0.154. The molecular formula is C23H27ClN2O3. The molecule has 29 heavy (non-hydrogen) atoms. The molecule has 0 radical (unpaired) electrons. The minimum Gasteiger partial charge on any atom is -0.484 e. The fourth-order valence-corrected chi connectivity index (χ4v) is 3.73. The van der Waals surface area contributed by atoms with Gasteiger partial charge in [0.25, 0.3) is 11.8 Å². The Morgan fingerprint density at radius 1 is 1.07 bits per heavy atom. The summed E-state index contributed by atoms with van der Waals surface area (Å²) in [6.45, 7) is 3.63. The molecule has 1 aliphatic rings. The summed E-state index contributed by atoms with van der Waals surface area (Å²) in [7, 11) is 0. The lowest BCUT2D eigenvalue weighted by atomic mass is 9.95. The molecule has 2 amide bonds. The normalized spacial score (nSPS) is 14.3. The Labute approximate surface area is 176 Å². The maximum atomic E-state index is 12.7. The molecule has 3 rings (SSSR count). The average molecular weight is 415 g/mol. The van der Waals surface area contributed by atoms with Gasteiger partial charge >= 0.3 is 0 Å². The molecule has 0 heterocycles. The van der Waals surface area contributed by atoms with E-state index in [-0.39, 0.29) is 24.5 Å². The van der Waals surface area contributed by atoms with E-state index in [4.69, 9.17) is 16.3 Å². The molecule has 0 aromatic heterocycles. The number of benzene rings is 2. The predicted octanol–water partition coefficient (Wildman–Crippen LogP) is 5.04. The predicted molar refractivity (Wildman–Crippen MR) is 116 cm³/mol. The summed E-state index contributed by atoms with van der Waals surface area (Å²) in [6, 6.07) is 10.8. The molecule has 0 atom stereocenters. The lowest BCUT2D eigenvalue weighted by Gasteiger charge is -2.23. The molecule has 154 valence electrons. The van der Waals surface area contributed by atoms with E-state index in [2.05, 4.69) is 10.6 Å². The Morgan fingerprint density at radius 2 is 1.72 bits per heavy atom. The highest BCUT2D eigenvalue weighted by Gasteiger charge is 2.19. The highest BCUT2D eigenvalue weighted by molar-refractivity contribution is 6.32. The molecule has 1 saturated carbocycles. The van der Waals surface area contributed by atoms with Crippen LogP contribution in [0.3, 0.4) is 0 Å². The van der Waals surface area contributed by atoms with Gasteiger partial charge in [0.05, 0.1) is 11.3 Å². The first-order chi connectivity index (χ1) is 13.9. The topological polar surface area (TPSA) is 67.4 Å². The molecule has 2 aromatic carbocycles. The van der Waals surface area contributed by atoms with E-state index in [0.29, 0.717) is 22.0 Å². The zero-order valence-corrected chi connectivity index (χ0v) is 17.6. The van der Waals surface area contributed by atoms with Crippen LogP contribution in [0, 0.1) is 13.8 Å². The fourth-order valence-electron chi connectivity index (χ4n) is 3.62. The number of rotatable bonds is 6. The Morgan fingerprint density at radius 3 is 2.41 bits per heavy atom. The first kappa shape index (κ1) is 21.2. The third-order valence-electron chi connectivity index (χ3n) is 5.17. The lowest BCUT2D eigenvalue weighted by Crippen LogP contribution is -2.36. The molecule has 1 aliphatic carbocycles. The standard InChI is InChI=1S/C23H27ClN2O3/c1-15-12-18(13-16(2)22(15)24)29-14-21(27)26-20-11-7-6-10-19(20)23(28)25-17-8-4-3-5-9-17/h6-7,10-13,17H,3-5,8-9,14H2,1-2H3,(H,25,28)(H,26,27). The van der Waals surface area contributed by atoms with E-state index >= 15 is 0 Å². The smallest absolute Gasteiger partial charge is 0.262 e. The van der Waals surface area contributed by atoms with Gasteiger partial charge in [-0.2, -0.15) is 0 Å². The number of aryl methyl sites for hydroxylation is 2. The number of carbonyl (C=O) groups excluding carboxylic acids is 2. The number of carbonyl (C=O) groups is 2. The van der Waals surface area contributed by atoms with E-state index in [1.54, 1.807) is 36.4 Å². The number of hydrogen-bond acceptors (Lipinski definition) is 3. The monoisotopic (exact) mass is 414 g/mol. The average Bonchev–Trinajstić information content (AvgIpc) is 2.71. The van der Waals surface area contributed by atoms with Crippen LogP contribution < -0.4 is 15.4 Å². The van der Waals surface area contributed by atoms with Crippen LogP contribution in [0.15, 0.2) is 36.4 Å². The van der Waals surface area contributed by atoms with Crippen LogP contribution in [-0.2, 0) is 4.79 Å². The van der Waals surface area contributed by atoms with E-state index in [1.807, 2.05) is 13.8 Å². The van der Waals surface area contributed by atoms with Gasteiger partial charge in [0.15, 0.2) is 6.61 Å². The van der Waals surface area contributed by atoms with Crippen LogP contribution in [0.2, 0.25) is 5.02 Å². The quantitative estimate of drug-likeness (QED) is 0.696. The Kier molecular flexibility index (Phi) is 7.15. The van der Waals surface area contributed by atoms with Gasteiger partial charge in [0.2, 0.25) is 0 Å². The number of halogens is 1. The molecule has 5 nitrogen and oxygen atoms in total. The number of para-hydroxylation sites is 1. The minimum atomic E-state index is -0.326. The van der Waals surface area contributed by atoms with Crippen LogP contribution in [0.25, 0.3) is 0 Å². The SMILES string of the molecule is Cc1cc(OCC(=O)Nc2ccccc2C(=O)NC2CCCCC2)cc(C)c1Cl. The molecule has 1 fully saturated rings. The molecule has 0 aliphatic heterocycles. The molecule has 2 aromatic rings. The van der Waals surface area contributed by atoms with Crippen molar-refractivity contribution in [3.63, 3.8) is 0 Å². The molecule has 0 unspecified atom stereocenters. The summed E-state index contributed by atoms with van der Waals surface area (Å²) in [4.78, 5) is 25.1. The molecular weight excluding hydrogens is 388 g/mol. The fraction of sp³-hybridized carbons (Fsp3) is 0.391. The summed E-state index contributed by atoms with van der Waals surface area (Å²) in [6.07, 6.45) is 5.53. The van der Waals surface area contributed by atoms with Gasteiger partial charge in [-0.15, -0.1) is 0 Å². The van der Waals surface area contributed by atoms with Crippen molar-refractivity contribution in [3.05, 3.63) is 58.1 Å². The Balaban J connectivity index is 1.61. The van der Waals surface area contributed by atoms with Crippen molar-refractivity contribution in [2.45, 2.75) is 52.0 Å². The van der Waals surface area contributed by atoms with Crippen LogP contribution >= 0.6 is 11.6 Å². The van der Waals surface area contributed by atoms with Crippen LogP contribution in [-0.4, -0.2) is 24.5 Å². The van der Waals surface area contributed by atoms with Gasteiger partial charge in [-0.3, -0.25) is 9.59 Å². The number of hydrogen-bond donors (Lipinski definition) is 2. The first-order valence-corrected chi connectivity index (χ1v) is 10.4. The highest BCUT2D eigenvalue weighted by Crippen LogP contribution is 2.26. The van der Waals surface area contributed by atoms with Crippen molar-refractivity contribution in [3.8, 4) is 5.75 Å². The summed E-state index contributed by atoms with van der Waals surface area (Å²) >= 11 is 6.16. The second-order valence-corrected chi connectivity index (χ2v) is 7.94. The molecule has 6 heteroatoms. The maximum Gasteiger partial charge on any atom is 0.262 e. The van der Waals surface area contributed by atoms with Crippen molar-refractivity contribution in [1.82, 2.24) is 5.32 Å². The number of ether oxygens (including phenoxy) is 1. The number of amides is 2. The van der Waals surface area contributed by atoms with Crippen LogP contribution in [0.5, 0.6) is 5.75 Å². The maximum absolute atomic E-state index is 12.7. The van der Waals surface area contributed by atoms with Crippen molar-refractivity contribution in [2.24, 2.45) is 0 Å². The van der Waals surface area contributed by atoms with E-state index < -0.39 is 0 Å². The third kappa shape index (κ3) is 5.73. The van der Waals surface area contributed by atoms with Gasteiger partial charge in [-0.05, 0) is 62.1 Å². The molecule has 0 spiro atoms. The summed E-state index contributed by atoms with van der Waals surface area (Å²) in [5.74, 6) is 0.105. The zero-order chi connectivity index (χ0) is 20.8. The van der Waals surface area contributed by atoms with Crippen molar-refractivity contribution in [1.29, 1.82) is 0 Å².